The van der Waals surface area contributed by atoms with Crippen LogP contribution in [0.3, 0.4) is 0 Å². The standard InChI is InChI=1S/C18H20N4O2/c1-12-10-15(21-20-12)17(24)22-8-6-18(7-9-22)11-16(23)19-14-5-3-2-4-13(14)18/h2-5,10H,6-9,11H2,1H3,(H,19,23)(H,20,21). The summed E-state index contributed by atoms with van der Waals surface area (Å²) in [5, 5.41) is 9.84. The smallest absolute Gasteiger partial charge is 0.274 e. The number of fused-ring (bicyclic) bond motifs is 2. The summed E-state index contributed by atoms with van der Waals surface area (Å²) in [6, 6.07) is 9.79. The number of nitrogens with one attached hydrogen (secondary N) is 2. The van der Waals surface area contributed by atoms with E-state index in [4.69, 9.17) is 0 Å². The summed E-state index contributed by atoms with van der Waals surface area (Å²) in [7, 11) is 0. The Balaban J connectivity index is 1.56. The first-order valence-corrected chi connectivity index (χ1v) is 8.28. The molecule has 3 heterocycles. The predicted molar refractivity (Wildman–Crippen MR) is 89.8 cm³/mol. The van der Waals surface area contributed by atoms with Crippen LogP contribution in [0.5, 0.6) is 0 Å². The Labute approximate surface area is 140 Å². The predicted octanol–water partition coefficient (Wildman–Crippen LogP) is 2.23. The molecule has 6 nitrogen and oxygen atoms in total. The number of hydrogen-bond acceptors (Lipinski definition) is 3. The fourth-order valence-corrected chi connectivity index (χ4v) is 3.93. The van der Waals surface area contributed by atoms with Crippen LogP contribution in [0.2, 0.25) is 0 Å². The molecule has 0 bridgehead atoms. The average molecular weight is 324 g/mol. The number of aromatic amines is 1. The highest BCUT2D eigenvalue weighted by atomic mass is 16.2. The fourth-order valence-electron chi connectivity index (χ4n) is 3.93. The van der Waals surface area contributed by atoms with Gasteiger partial charge in [0.15, 0.2) is 0 Å². The number of carbonyl (C=O) groups excluding carboxylic acids is 2. The Morgan fingerprint density at radius 3 is 2.71 bits per heavy atom. The van der Waals surface area contributed by atoms with Crippen molar-refractivity contribution in [3.8, 4) is 0 Å². The maximum Gasteiger partial charge on any atom is 0.274 e. The highest BCUT2D eigenvalue weighted by molar-refractivity contribution is 5.96. The van der Waals surface area contributed by atoms with E-state index in [0.29, 0.717) is 25.2 Å². The van der Waals surface area contributed by atoms with Crippen molar-refractivity contribution in [1.29, 1.82) is 0 Å². The van der Waals surface area contributed by atoms with Crippen molar-refractivity contribution in [3.63, 3.8) is 0 Å². The van der Waals surface area contributed by atoms with Crippen LogP contribution < -0.4 is 5.32 Å². The average Bonchev–Trinajstić information content (AvgIpc) is 3.01. The first kappa shape index (κ1) is 14.9. The molecule has 24 heavy (non-hydrogen) atoms. The molecule has 1 fully saturated rings. The van der Waals surface area contributed by atoms with Gasteiger partial charge in [-0.25, -0.2) is 0 Å². The maximum atomic E-state index is 12.6. The summed E-state index contributed by atoms with van der Waals surface area (Å²) in [5.41, 5.74) is 3.30. The van der Waals surface area contributed by atoms with Gasteiger partial charge in [0.1, 0.15) is 5.69 Å². The van der Waals surface area contributed by atoms with Crippen LogP contribution in [0.1, 0.15) is 41.0 Å². The van der Waals surface area contributed by atoms with Gasteiger partial charge in [0, 0.05) is 36.3 Å². The van der Waals surface area contributed by atoms with Crippen molar-refractivity contribution in [2.75, 3.05) is 18.4 Å². The molecule has 1 saturated heterocycles. The second-order valence-corrected chi connectivity index (χ2v) is 6.78. The van der Waals surface area contributed by atoms with E-state index in [-0.39, 0.29) is 17.2 Å². The molecule has 0 unspecified atom stereocenters. The number of amides is 2. The van der Waals surface area contributed by atoms with Crippen LogP contribution in [0.25, 0.3) is 0 Å². The van der Waals surface area contributed by atoms with Gasteiger partial charge >= 0.3 is 0 Å². The molecule has 2 aliphatic rings. The number of aryl methyl sites for hydroxylation is 1. The lowest BCUT2D eigenvalue weighted by molar-refractivity contribution is -0.118. The number of aromatic nitrogens is 2. The van der Waals surface area contributed by atoms with E-state index in [9.17, 15) is 9.59 Å². The number of rotatable bonds is 1. The molecular formula is C18H20N4O2. The molecule has 0 atom stereocenters. The number of anilines is 1. The number of nitrogens with zero attached hydrogens (tertiary/aromatic N) is 2. The van der Waals surface area contributed by atoms with Crippen molar-refractivity contribution in [1.82, 2.24) is 15.1 Å². The minimum absolute atomic E-state index is 0.0391. The van der Waals surface area contributed by atoms with Gasteiger partial charge in [0.05, 0.1) is 0 Å². The topological polar surface area (TPSA) is 78.1 Å². The quantitative estimate of drug-likeness (QED) is 0.844. The van der Waals surface area contributed by atoms with E-state index in [1.165, 1.54) is 5.56 Å². The molecule has 2 N–H and O–H groups in total. The third kappa shape index (κ3) is 2.38. The zero-order valence-electron chi connectivity index (χ0n) is 13.6. The first-order chi connectivity index (χ1) is 11.6. The summed E-state index contributed by atoms with van der Waals surface area (Å²) in [5.74, 6) is 0.0270. The second-order valence-electron chi connectivity index (χ2n) is 6.78. The molecule has 6 heteroatoms. The van der Waals surface area contributed by atoms with Gasteiger partial charge in [-0.15, -0.1) is 0 Å². The van der Waals surface area contributed by atoms with E-state index < -0.39 is 0 Å². The normalized spacial score (nSPS) is 19.0. The van der Waals surface area contributed by atoms with Crippen LogP contribution in [-0.2, 0) is 10.2 Å². The van der Waals surface area contributed by atoms with Gasteiger partial charge in [-0.3, -0.25) is 14.7 Å². The molecule has 1 aromatic carbocycles. The monoisotopic (exact) mass is 324 g/mol. The molecule has 4 rings (SSSR count). The second kappa shape index (κ2) is 5.47. The Hall–Kier alpha value is -2.63. The molecule has 2 amide bonds. The number of H-pyrrole nitrogens is 1. The van der Waals surface area contributed by atoms with Gasteiger partial charge in [0.25, 0.3) is 5.91 Å². The first-order valence-electron chi connectivity index (χ1n) is 8.28. The number of hydrogen-bond donors (Lipinski definition) is 2. The van der Waals surface area contributed by atoms with Crippen LogP contribution in [0.15, 0.2) is 30.3 Å². The zero-order chi connectivity index (χ0) is 16.7. The molecule has 2 aromatic rings. The van der Waals surface area contributed by atoms with Crippen molar-refractivity contribution in [2.24, 2.45) is 0 Å². The summed E-state index contributed by atoms with van der Waals surface area (Å²) >= 11 is 0. The number of likely N-dealkylation sites (tertiary alicyclic amines) is 1. The number of carbonyl (C=O) groups is 2. The van der Waals surface area contributed by atoms with Crippen molar-refractivity contribution < 1.29 is 9.59 Å². The Morgan fingerprint density at radius 1 is 1.25 bits per heavy atom. The molecular weight excluding hydrogens is 304 g/mol. The Kier molecular flexibility index (Phi) is 3.40. The zero-order valence-corrected chi connectivity index (χ0v) is 13.6. The lowest BCUT2D eigenvalue weighted by Gasteiger charge is -2.44. The third-order valence-corrected chi connectivity index (χ3v) is 5.20. The molecule has 1 spiro atoms. The van der Waals surface area contributed by atoms with Crippen molar-refractivity contribution >= 4 is 17.5 Å². The lowest BCUT2D eigenvalue weighted by Crippen LogP contribution is -2.48. The van der Waals surface area contributed by atoms with Gasteiger partial charge in [-0.1, -0.05) is 18.2 Å². The van der Waals surface area contributed by atoms with Gasteiger partial charge < -0.3 is 10.2 Å². The van der Waals surface area contributed by atoms with Gasteiger partial charge in [0.2, 0.25) is 5.91 Å². The van der Waals surface area contributed by atoms with E-state index in [1.54, 1.807) is 6.07 Å². The maximum absolute atomic E-state index is 12.6. The van der Waals surface area contributed by atoms with Crippen LogP contribution in [0.4, 0.5) is 5.69 Å². The Bertz CT molecular complexity index is 803. The summed E-state index contributed by atoms with van der Waals surface area (Å²) in [4.78, 5) is 26.5. The summed E-state index contributed by atoms with van der Waals surface area (Å²) in [6.07, 6.45) is 2.09. The van der Waals surface area contributed by atoms with Gasteiger partial charge in [-0.05, 0) is 37.5 Å². The number of para-hydroxylation sites is 1. The van der Waals surface area contributed by atoms with Crippen LogP contribution >= 0.6 is 0 Å². The van der Waals surface area contributed by atoms with Gasteiger partial charge in [-0.2, -0.15) is 5.10 Å². The minimum Gasteiger partial charge on any atom is -0.337 e. The van der Waals surface area contributed by atoms with Crippen LogP contribution in [0, 0.1) is 6.92 Å². The number of benzene rings is 1. The van der Waals surface area contributed by atoms with E-state index >= 15 is 0 Å². The van der Waals surface area contributed by atoms with Crippen LogP contribution in [-0.4, -0.2) is 40.0 Å². The summed E-state index contributed by atoms with van der Waals surface area (Å²) in [6.45, 7) is 3.17. The molecule has 124 valence electrons. The molecule has 0 saturated carbocycles. The third-order valence-electron chi connectivity index (χ3n) is 5.20. The molecule has 0 aliphatic carbocycles. The Morgan fingerprint density at radius 2 is 2.00 bits per heavy atom. The van der Waals surface area contributed by atoms with E-state index in [0.717, 1.165) is 24.2 Å². The van der Waals surface area contributed by atoms with Crippen molar-refractivity contribution in [2.45, 2.75) is 31.6 Å². The molecule has 0 radical (unpaired) electrons. The fraction of sp³-hybridized carbons (Fsp3) is 0.389. The number of piperidine rings is 1. The summed E-state index contributed by atoms with van der Waals surface area (Å²) < 4.78 is 0. The van der Waals surface area contributed by atoms with E-state index in [2.05, 4.69) is 21.6 Å². The lowest BCUT2D eigenvalue weighted by atomic mass is 9.68. The largest absolute Gasteiger partial charge is 0.337 e. The van der Waals surface area contributed by atoms with E-state index in [1.807, 2.05) is 30.0 Å². The highest BCUT2D eigenvalue weighted by Gasteiger charge is 2.43. The molecule has 1 aromatic heterocycles. The highest BCUT2D eigenvalue weighted by Crippen LogP contribution is 2.44. The minimum atomic E-state index is -0.156. The molecule has 2 aliphatic heterocycles. The van der Waals surface area contributed by atoms with Crippen molar-refractivity contribution in [3.05, 3.63) is 47.3 Å². The SMILES string of the molecule is Cc1cc(C(=O)N2CCC3(CC2)CC(=O)Nc2ccccc23)n[nH]1.